The van der Waals surface area contributed by atoms with Gasteiger partial charge < -0.3 is 4.57 Å². The average Bonchev–Trinajstić information content (AvgIpc) is 3.11. The highest BCUT2D eigenvalue weighted by atomic mass is 15.1. The summed E-state index contributed by atoms with van der Waals surface area (Å²) in [5, 5.41) is 8.75. The van der Waals surface area contributed by atoms with E-state index in [0.717, 1.165) is 6.54 Å². The SMILES string of the molecule is N#Cc1ccc(Cn2ccnc2C2CC2)cc1. The summed E-state index contributed by atoms with van der Waals surface area (Å²) in [6.45, 7) is 0.845. The van der Waals surface area contributed by atoms with Crippen molar-refractivity contribution in [3.63, 3.8) is 0 Å². The maximum atomic E-state index is 8.75. The smallest absolute Gasteiger partial charge is 0.112 e. The molecule has 1 heterocycles. The predicted octanol–water partition coefficient (Wildman–Crippen LogP) is 2.68. The number of hydrogen-bond donors (Lipinski definition) is 0. The van der Waals surface area contributed by atoms with Gasteiger partial charge in [0.25, 0.3) is 0 Å². The quantitative estimate of drug-likeness (QED) is 0.802. The minimum absolute atomic E-state index is 0.670. The lowest BCUT2D eigenvalue weighted by molar-refractivity contribution is 0.726. The Kier molecular flexibility index (Phi) is 2.41. The predicted molar refractivity (Wildman–Crippen MR) is 64.5 cm³/mol. The second-order valence-electron chi connectivity index (χ2n) is 4.50. The Morgan fingerprint density at radius 3 is 2.71 bits per heavy atom. The minimum atomic E-state index is 0.670. The fourth-order valence-corrected chi connectivity index (χ4v) is 2.04. The van der Waals surface area contributed by atoms with Crippen LogP contribution in [0.15, 0.2) is 36.7 Å². The van der Waals surface area contributed by atoms with Crippen molar-refractivity contribution in [1.29, 1.82) is 5.26 Å². The second-order valence-corrected chi connectivity index (χ2v) is 4.50. The molecule has 3 nitrogen and oxygen atoms in total. The summed E-state index contributed by atoms with van der Waals surface area (Å²) in [6, 6.07) is 9.88. The van der Waals surface area contributed by atoms with Gasteiger partial charge in [-0.3, -0.25) is 0 Å². The van der Waals surface area contributed by atoms with Crippen LogP contribution in [0.3, 0.4) is 0 Å². The second kappa shape index (κ2) is 4.06. The average molecular weight is 223 g/mol. The standard InChI is InChI=1S/C14H13N3/c15-9-11-1-3-12(4-2-11)10-17-8-7-16-14(17)13-5-6-13/h1-4,7-8,13H,5-6,10H2. The molecule has 3 rings (SSSR count). The first-order valence-corrected chi connectivity index (χ1v) is 5.87. The summed E-state index contributed by atoms with van der Waals surface area (Å²) in [5.41, 5.74) is 1.92. The van der Waals surface area contributed by atoms with Gasteiger partial charge in [0.15, 0.2) is 0 Å². The fourth-order valence-electron chi connectivity index (χ4n) is 2.04. The molecule has 1 aliphatic carbocycles. The molecular weight excluding hydrogens is 210 g/mol. The third-order valence-electron chi connectivity index (χ3n) is 3.13. The number of hydrogen-bond acceptors (Lipinski definition) is 2. The zero-order valence-corrected chi connectivity index (χ0v) is 9.50. The highest BCUT2D eigenvalue weighted by Crippen LogP contribution is 2.39. The Balaban J connectivity index is 1.81. The summed E-state index contributed by atoms with van der Waals surface area (Å²) in [4.78, 5) is 4.42. The largest absolute Gasteiger partial charge is 0.330 e. The molecule has 0 amide bonds. The van der Waals surface area contributed by atoms with Crippen LogP contribution in [0.1, 0.15) is 35.7 Å². The Morgan fingerprint density at radius 1 is 1.29 bits per heavy atom. The van der Waals surface area contributed by atoms with Crippen molar-refractivity contribution in [2.24, 2.45) is 0 Å². The molecule has 0 unspecified atom stereocenters. The van der Waals surface area contributed by atoms with Gasteiger partial charge in [0.2, 0.25) is 0 Å². The van der Waals surface area contributed by atoms with Gasteiger partial charge in [-0.05, 0) is 30.5 Å². The van der Waals surface area contributed by atoms with Crippen molar-refractivity contribution in [2.75, 3.05) is 0 Å². The van der Waals surface area contributed by atoms with Gasteiger partial charge in [0.1, 0.15) is 5.82 Å². The molecule has 0 bridgehead atoms. The molecule has 1 aromatic carbocycles. The molecule has 0 radical (unpaired) electrons. The van der Waals surface area contributed by atoms with E-state index in [9.17, 15) is 0 Å². The summed E-state index contributed by atoms with van der Waals surface area (Å²) in [5.74, 6) is 1.87. The summed E-state index contributed by atoms with van der Waals surface area (Å²) in [7, 11) is 0. The molecule has 0 aliphatic heterocycles. The van der Waals surface area contributed by atoms with Crippen LogP contribution in [-0.4, -0.2) is 9.55 Å². The first-order valence-electron chi connectivity index (χ1n) is 5.87. The molecule has 2 aromatic rings. The Labute approximate surface area is 100 Å². The van der Waals surface area contributed by atoms with Crippen LogP contribution in [0.2, 0.25) is 0 Å². The van der Waals surface area contributed by atoms with E-state index in [1.54, 1.807) is 0 Å². The molecule has 0 atom stereocenters. The van der Waals surface area contributed by atoms with E-state index in [2.05, 4.69) is 15.6 Å². The lowest BCUT2D eigenvalue weighted by Gasteiger charge is -2.07. The van der Waals surface area contributed by atoms with Gasteiger partial charge in [-0.1, -0.05) is 12.1 Å². The number of imidazole rings is 1. The number of rotatable bonds is 3. The summed E-state index contributed by atoms with van der Waals surface area (Å²) in [6.07, 6.45) is 6.44. The molecule has 1 aliphatic rings. The molecule has 0 spiro atoms. The van der Waals surface area contributed by atoms with Crippen LogP contribution in [0, 0.1) is 11.3 Å². The number of nitriles is 1. The van der Waals surface area contributed by atoms with Crippen LogP contribution in [0.5, 0.6) is 0 Å². The van der Waals surface area contributed by atoms with E-state index in [1.165, 1.54) is 24.2 Å². The maximum absolute atomic E-state index is 8.75. The molecule has 17 heavy (non-hydrogen) atoms. The van der Waals surface area contributed by atoms with Crippen molar-refractivity contribution in [3.05, 3.63) is 53.6 Å². The molecule has 84 valence electrons. The van der Waals surface area contributed by atoms with E-state index in [4.69, 9.17) is 5.26 Å². The zero-order valence-electron chi connectivity index (χ0n) is 9.50. The number of aromatic nitrogens is 2. The molecule has 0 saturated heterocycles. The van der Waals surface area contributed by atoms with Gasteiger partial charge in [0, 0.05) is 24.9 Å². The number of benzene rings is 1. The van der Waals surface area contributed by atoms with Crippen LogP contribution in [0.4, 0.5) is 0 Å². The molecule has 1 saturated carbocycles. The highest BCUT2D eigenvalue weighted by Gasteiger charge is 2.27. The van der Waals surface area contributed by atoms with E-state index >= 15 is 0 Å². The van der Waals surface area contributed by atoms with Crippen molar-refractivity contribution in [2.45, 2.75) is 25.3 Å². The van der Waals surface area contributed by atoms with Gasteiger partial charge in [-0.2, -0.15) is 5.26 Å². The molecule has 0 N–H and O–H groups in total. The van der Waals surface area contributed by atoms with Gasteiger partial charge in [0.05, 0.1) is 11.6 Å². The Morgan fingerprint density at radius 2 is 2.06 bits per heavy atom. The summed E-state index contributed by atoms with van der Waals surface area (Å²) >= 11 is 0. The maximum Gasteiger partial charge on any atom is 0.112 e. The van der Waals surface area contributed by atoms with E-state index in [-0.39, 0.29) is 0 Å². The van der Waals surface area contributed by atoms with Gasteiger partial charge in [-0.15, -0.1) is 0 Å². The van der Waals surface area contributed by atoms with Crippen molar-refractivity contribution < 1.29 is 0 Å². The topological polar surface area (TPSA) is 41.6 Å². The first kappa shape index (κ1) is 10.1. The highest BCUT2D eigenvalue weighted by molar-refractivity contribution is 5.31. The van der Waals surface area contributed by atoms with Gasteiger partial charge in [-0.25, -0.2) is 4.98 Å². The molecular formula is C14H13N3. The number of nitrogens with zero attached hydrogens (tertiary/aromatic N) is 3. The van der Waals surface area contributed by atoms with Crippen molar-refractivity contribution in [1.82, 2.24) is 9.55 Å². The van der Waals surface area contributed by atoms with E-state index < -0.39 is 0 Å². The Hall–Kier alpha value is -2.08. The van der Waals surface area contributed by atoms with E-state index in [0.29, 0.717) is 11.5 Å². The van der Waals surface area contributed by atoms with Crippen LogP contribution in [0.25, 0.3) is 0 Å². The van der Waals surface area contributed by atoms with Crippen LogP contribution in [-0.2, 0) is 6.54 Å². The third-order valence-corrected chi connectivity index (χ3v) is 3.13. The lowest BCUT2D eigenvalue weighted by atomic mass is 10.1. The van der Waals surface area contributed by atoms with Crippen LogP contribution < -0.4 is 0 Å². The first-order chi connectivity index (χ1) is 8.36. The van der Waals surface area contributed by atoms with Crippen molar-refractivity contribution >= 4 is 0 Å². The molecule has 3 heteroatoms. The van der Waals surface area contributed by atoms with Crippen molar-refractivity contribution in [3.8, 4) is 6.07 Å². The summed E-state index contributed by atoms with van der Waals surface area (Å²) < 4.78 is 2.21. The molecule has 1 aromatic heterocycles. The van der Waals surface area contributed by atoms with Gasteiger partial charge >= 0.3 is 0 Å². The fraction of sp³-hybridized carbons (Fsp3) is 0.286. The van der Waals surface area contributed by atoms with E-state index in [1.807, 2.05) is 36.7 Å². The minimum Gasteiger partial charge on any atom is -0.330 e. The molecule has 1 fully saturated rings. The zero-order chi connectivity index (χ0) is 11.7. The monoisotopic (exact) mass is 223 g/mol. The van der Waals surface area contributed by atoms with Crippen LogP contribution >= 0.6 is 0 Å². The third kappa shape index (κ3) is 2.07. The lowest BCUT2D eigenvalue weighted by Crippen LogP contribution is -2.03. The normalized spacial score (nSPS) is 14.5. The Bertz CT molecular complexity index is 556.